The minimum atomic E-state index is -3.88. The fourth-order valence-corrected chi connectivity index (χ4v) is 3.57. The number of aryl methyl sites for hydroxylation is 2. The molecule has 1 heterocycles. The summed E-state index contributed by atoms with van der Waals surface area (Å²) in [4.78, 5) is -0.0115. The second kappa shape index (κ2) is 7.09. The van der Waals surface area contributed by atoms with E-state index in [2.05, 4.69) is 20.2 Å². The van der Waals surface area contributed by atoms with Gasteiger partial charge in [0.2, 0.25) is 0 Å². The molecule has 0 fully saturated rings. The lowest BCUT2D eigenvalue weighted by atomic mass is 10.2. The summed E-state index contributed by atoms with van der Waals surface area (Å²) in [6.07, 6.45) is 0. The molecule has 3 aromatic rings. The maximum atomic E-state index is 13.2. The van der Waals surface area contributed by atoms with Gasteiger partial charge in [-0.1, -0.05) is 17.7 Å². The second-order valence-corrected chi connectivity index (χ2v) is 7.46. The number of rotatable bonds is 5. The summed E-state index contributed by atoms with van der Waals surface area (Å²) in [6, 6.07) is 14.3. The summed E-state index contributed by atoms with van der Waals surface area (Å²) in [5.41, 5.74) is 2.30. The Labute approximate surface area is 151 Å². The molecular formula is C18H17FN4O2S. The number of benzene rings is 2. The molecule has 0 radical (unpaired) electrons. The van der Waals surface area contributed by atoms with Crippen LogP contribution >= 0.6 is 0 Å². The lowest BCUT2D eigenvalue weighted by molar-refractivity contribution is 0.598. The Balaban J connectivity index is 1.75. The zero-order valence-corrected chi connectivity index (χ0v) is 15.0. The third-order valence-electron chi connectivity index (χ3n) is 3.65. The third kappa shape index (κ3) is 4.15. The average Bonchev–Trinajstić information content (AvgIpc) is 2.58. The van der Waals surface area contributed by atoms with E-state index in [1.54, 1.807) is 6.07 Å². The molecule has 26 heavy (non-hydrogen) atoms. The van der Waals surface area contributed by atoms with Crippen LogP contribution in [0.25, 0.3) is 0 Å². The van der Waals surface area contributed by atoms with E-state index >= 15 is 0 Å². The van der Waals surface area contributed by atoms with E-state index in [1.165, 1.54) is 19.1 Å². The van der Waals surface area contributed by atoms with Crippen LogP contribution in [0.1, 0.15) is 11.1 Å². The van der Waals surface area contributed by atoms with Gasteiger partial charge in [0.05, 0.1) is 4.90 Å². The van der Waals surface area contributed by atoms with Gasteiger partial charge in [-0.3, -0.25) is 4.72 Å². The Morgan fingerprint density at radius 3 is 2.15 bits per heavy atom. The SMILES string of the molecule is Cc1ccc(Nc2ccc(NS(=O)(=O)c3ccc(F)cc3C)nn2)cc1. The zero-order valence-electron chi connectivity index (χ0n) is 14.2. The van der Waals surface area contributed by atoms with Crippen LogP contribution in [0.15, 0.2) is 59.5 Å². The fourth-order valence-electron chi connectivity index (χ4n) is 2.35. The number of anilines is 3. The molecule has 2 N–H and O–H groups in total. The first-order valence-electron chi connectivity index (χ1n) is 7.80. The first-order valence-corrected chi connectivity index (χ1v) is 9.28. The number of halogens is 1. The Morgan fingerprint density at radius 1 is 0.885 bits per heavy atom. The highest BCUT2D eigenvalue weighted by Gasteiger charge is 2.18. The van der Waals surface area contributed by atoms with E-state index in [4.69, 9.17) is 0 Å². The number of hydrogen-bond donors (Lipinski definition) is 2. The van der Waals surface area contributed by atoms with Crippen LogP contribution in [0.3, 0.4) is 0 Å². The molecule has 1 aromatic heterocycles. The molecule has 8 heteroatoms. The van der Waals surface area contributed by atoms with Crippen LogP contribution in [0.2, 0.25) is 0 Å². The van der Waals surface area contributed by atoms with E-state index in [-0.39, 0.29) is 10.7 Å². The molecule has 0 bridgehead atoms. The molecule has 0 amide bonds. The fraction of sp³-hybridized carbons (Fsp3) is 0.111. The van der Waals surface area contributed by atoms with Crippen molar-refractivity contribution in [3.8, 4) is 0 Å². The smallest absolute Gasteiger partial charge is 0.263 e. The van der Waals surface area contributed by atoms with Gasteiger partial charge in [-0.25, -0.2) is 12.8 Å². The molecule has 0 unspecified atom stereocenters. The summed E-state index contributed by atoms with van der Waals surface area (Å²) in [5.74, 6) is 0.0609. The van der Waals surface area contributed by atoms with E-state index < -0.39 is 15.8 Å². The monoisotopic (exact) mass is 372 g/mol. The van der Waals surface area contributed by atoms with Gasteiger partial charge >= 0.3 is 0 Å². The molecule has 0 aliphatic rings. The first-order chi connectivity index (χ1) is 12.3. The zero-order chi connectivity index (χ0) is 18.7. The van der Waals surface area contributed by atoms with Crippen LogP contribution in [0.5, 0.6) is 0 Å². The van der Waals surface area contributed by atoms with Crippen LogP contribution in [-0.2, 0) is 10.0 Å². The molecule has 2 aromatic carbocycles. The third-order valence-corrected chi connectivity index (χ3v) is 5.17. The van der Waals surface area contributed by atoms with E-state index in [0.717, 1.165) is 23.4 Å². The highest BCUT2D eigenvalue weighted by atomic mass is 32.2. The standard InChI is InChI=1S/C18H17FN4O2S/c1-12-3-6-15(7-4-12)20-17-9-10-18(22-21-17)23-26(24,25)16-8-5-14(19)11-13(16)2/h3-11H,1-2H3,(H,20,21)(H,22,23). The summed E-state index contributed by atoms with van der Waals surface area (Å²) in [6.45, 7) is 3.52. The Kier molecular flexibility index (Phi) is 4.85. The van der Waals surface area contributed by atoms with Crippen molar-refractivity contribution in [3.63, 3.8) is 0 Å². The highest BCUT2D eigenvalue weighted by molar-refractivity contribution is 7.92. The molecule has 0 spiro atoms. The molecule has 0 saturated heterocycles. The summed E-state index contributed by atoms with van der Waals surface area (Å²) in [5, 5.41) is 10.9. The molecule has 0 saturated carbocycles. The van der Waals surface area contributed by atoms with Crippen LogP contribution in [0, 0.1) is 19.7 Å². The van der Waals surface area contributed by atoms with Crippen molar-refractivity contribution in [1.82, 2.24) is 10.2 Å². The van der Waals surface area contributed by atoms with Crippen molar-refractivity contribution in [2.75, 3.05) is 10.0 Å². The highest BCUT2D eigenvalue weighted by Crippen LogP contribution is 2.20. The first kappa shape index (κ1) is 17.8. The molecular weight excluding hydrogens is 355 g/mol. The second-order valence-electron chi connectivity index (χ2n) is 5.81. The van der Waals surface area contributed by atoms with Crippen LogP contribution in [-0.4, -0.2) is 18.6 Å². The topological polar surface area (TPSA) is 84.0 Å². The van der Waals surface area contributed by atoms with E-state index in [0.29, 0.717) is 11.4 Å². The van der Waals surface area contributed by atoms with Gasteiger partial charge < -0.3 is 5.32 Å². The van der Waals surface area contributed by atoms with Gasteiger partial charge in [0, 0.05) is 5.69 Å². The molecule has 0 aliphatic carbocycles. The molecule has 134 valence electrons. The van der Waals surface area contributed by atoms with Crippen molar-refractivity contribution in [1.29, 1.82) is 0 Å². The predicted molar refractivity (Wildman–Crippen MR) is 98.4 cm³/mol. The number of nitrogens with one attached hydrogen (secondary N) is 2. The Morgan fingerprint density at radius 2 is 1.54 bits per heavy atom. The van der Waals surface area contributed by atoms with Crippen molar-refractivity contribution in [3.05, 3.63) is 71.5 Å². The molecule has 0 aliphatic heterocycles. The summed E-state index contributed by atoms with van der Waals surface area (Å²) in [7, 11) is -3.88. The number of aromatic nitrogens is 2. The Bertz CT molecular complexity index is 1020. The van der Waals surface area contributed by atoms with Crippen LogP contribution < -0.4 is 10.0 Å². The van der Waals surface area contributed by atoms with Gasteiger partial charge in [0.1, 0.15) is 5.82 Å². The molecule has 6 nitrogen and oxygen atoms in total. The van der Waals surface area contributed by atoms with Crippen LogP contribution in [0.4, 0.5) is 21.7 Å². The lowest BCUT2D eigenvalue weighted by Gasteiger charge is -2.10. The molecule has 3 rings (SSSR count). The minimum absolute atomic E-state index is 0.0115. The van der Waals surface area contributed by atoms with Gasteiger partial charge in [0.25, 0.3) is 10.0 Å². The van der Waals surface area contributed by atoms with Gasteiger partial charge in [-0.05, 0) is 61.9 Å². The maximum Gasteiger partial charge on any atom is 0.263 e. The van der Waals surface area contributed by atoms with Gasteiger partial charge in [-0.2, -0.15) is 0 Å². The maximum absolute atomic E-state index is 13.2. The normalized spacial score (nSPS) is 11.2. The number of nitrogens with zero attached hydrogens (tertiary/aromatic N) is 2. The number of sulfonamides is 1. The largest absolute Gasteiger partial charge is 0.339 e. The predicted octanol–water partition coefficient (Wildman–Crippen LogP) is 3.78. The lowest BCUT2D eigenvalue weighted by Crippen LogP contribution is -2.15. The van der Waals surface area contributed by atoms with E-state index in [9.17, 15) is 12.8 Å². The summed E-state index contributed by atoms with van der Waals surface area (Å²) >= 11 is 0. The minimum Gasteiger partial charge on any atom is -0.339 e. The summed E-state index contributed by atoms with van der Waals surface area (Å²) < 4.78 is 40.4. The van der Waals surface area contributed by atoms with Crippen molar-refractivity contribution < 1.29 is 12.8 Å². The van der Waals surface area contributed by atoms with Gasteiger partial charge in [-0.15, -0.1) is 10.2 Å². The molecule has 0 atom stereocenters. The van der Waals surface area contributed by atoms with E-state index in [1.807, 2.05) is 31.2 Å². The quantitative estimate of drug-likeness (QED) is 0.712. The van der Waals surface area contributed by atoms with Gasteiger partial charge in [0.15, 0.2) is 11.6 Å². The Hall–Kier alpha value is -3.00. The van der Waals surface area contributed by atoms with Crippen molar-refractivity contribution in [2.45, 2.75) is 18.7 Å². The number of hydrogen-bond acceptors (Lipinski definition) is 5. The van der Waals surface area contributed by atoms with Crippen molar-refractivity contribution >= 4 is 27.3 Å². The average molecular weight is 372 g/mol. The van der Waals surface area contributed by atoms with Crippen molar-refractivity contribution in [2.24, 2.45) is 0 Å².